The first-order chi connectivity index (χ1) is 16.2. The molecule has 1 unspecified atom stereocenters. The van der Waals surface area contributed by atoms with Crippen molar-refractivity contribution in [2.75, 3.05) is 11.9 Å². The van der Waals surface area contributed by atoms with Gasteiger partial charge < -0.3 is 20.5 Å². The minimum Gasteiger partial charge on any atom is -0.488 e. The largest absolute Gasteiger partial charge is 0.488 e. The van der Waals surface area contributed by atoms with Crippen LogP contribution in [0.3, 0.4) is 0 Å². The second-order valence-electron chi connectivity index (χ2n) is 8.30. The third kappa shape index (κ3) is 6.52. The fraction of sp³-hybridized carbons (Fsp3) is 0.292. The van der Waals surface area contributed by atoms with Gasteiger partial charge in [0.25, 0.3) is 5.91 Å². The van der Waals surface area contributed by atoms with Crippen molar-refractivity contribution in [3.05, 3.63) is 58.7 Å². The molecule has 2 heterocycles. The highest BCUT2D eigenvalue weighted by Crippen LogP contribution is 2.29. The number of thiazole rings is 1. The van der Waals surface area contributed by atoms with Gasteiger partial charge in [-0.05, 0) is 54.7 Å². The first kappa shape index (κ1) is 24.7. The van der Waals surface area contributed by atoms with Crippen LogP contribution in [0, 0.1) is 17.2 Å². The second-order valence-corrected chi connectivity index (χ2v) is 9.20. The van der Waals surface area contributed by atoms with E-state index in [1.165, 1.54) is 11.3 Å². The predicted molar refractivity (Wildman–Crippen MR) is 128 cm³/mol. The van der Waals surface area contributed by atoms with Crippen LogP contribution in [-0.4, -0.2) is 34.2 Å². The number of benzene rings is 1. The normalized spacial score (nSPS) is 12.4. The number of anilines is 1. The van der Waals surface area contributed by atoms with Gasteiger partial charge in [-0.3, -0.25) is 4.79 Å². The van der Waals surface area contributed by atoms with Crippen LogP contribution >= 0.6 is 11.3 Å². The van der Waals surface area contributed by atoms with Gasteiger partial charge in [0.1, 0.15) is 29.8 Å². The van der Waals surface area contributed by atoms with Gasteiger partial charge in [0.2, 0.25) is 0 Å². The summed E-state index contributed by atoms with van der Waals surface area (Å²) in [5, 5.41) is 14.5. The number of aromatic nitrogens is 2. The zero-order chi connectivity index (χ0) is 24.7. The van der Waals surface area contributed by atoms with Crippen LogP contribution in [0.5, 0.6) is 5.75 Å². The number of primary amides is 1. The Morgan fingerprint density at radius 3 is 2.62 bits per heavy atom. The minimum absolute atomic E-state index is 0.0460. The monoisotopic (exact) mass is 479 g/mol. The molecule has 2 aromatic heterocycles. The molecule has 0 aliphatic carbocycles. The van der Waals surface area contributed by atoms with Gasteiger partial charge in [-0.2, -0.15) is 5.26 Å². The van der Waals surface area contributed by atoms with Crippen LogP contribution in [0.1, 0.15) is 42.6 Å². The Kier molecular flexibility index (Phi) is 7.81. The lowest BCUT2D eigenvalue weighted by molar-refractivity contribution is -0.0186. The van der Waals surface area contributed by atoms with E-state index < -0.39 is 11.7 Å². The molecule has 0 bridgehead atoms. The van der Waals surface area contributed by atoms with E-state index >= 15 is 0 Å². The molecule has 0 fully saturated rings. The first-order valence-electron chi connectivity index (χ1n) is 10.5. The average Bonchev–Trinajstić information content (AvgIpc) is 3.32. The zero-order valence-electron chi connectivity index (χ0n) is 19.1. The van der Waals surface area contributed by atoms with Crippen molar-refractivity contribution in [3.8, 4) is 22.9 Å². The Morgan fingerprint density at radius 2 is 1.97 bits per heavy atom. The fourth-order valence-electron chi connectivity index (χ4n) is 3.57. The lowest BCUT2D eigenvalue weighted by atomic mass is 9.95. The number of ether oxygens (including phenoxy) is 2. The Labute approximate surface area is 201 Å². The molecule has 0 saturated heterocycles. The molecule has 3 N–H and O–H groups in total. The number of nitriles is 1. The quantitative estimate of drug-likeness (QED) is 0.457. The highest BCUT2D eigenvalue weighted by Gasteiger charge is 2.30. The van der Waals surface area contributed by atoms with E-state index in [4.69, 9.17) is 15.2 Å². The van der Waals surface area contributed by atoms with E-state index in [-0.39, 0.29) is 18.4 Å². The summed E-state index contributed by atoms with van der Waals surface area (Å²) in [5.74, 6) is 0.622. The van der Waals surface area contributed by atoms with Crippen LogP contribution in [0.25, 0.3) is 11.1 Å². The first-order valence-corrected chi connectivity index (χ1v) is 11.4. The molecule has 2 amide bonds. The molecule has 9 nitrogen and oxygen atoms in total. The lowest BCUT2D eigenvalue weighted by Gasteiger charge is -2.30. The number of nitrogens with zero attached hydrogens (tertiary/aromatic N) is 3. The van der Waals surface area contributed by atoms with Crippen LogP contribution in [0.2, 0.25) is 0 Å². The number of pyridine rings is 1. The summed E-state index contributed by atoms with van der Waals surface area (Å²) in [4.78, 5) is 31.8. The molecule has 1 aromatic carbocycles. The summed E-state index contributed by atoms with van der Waals surface area (Å²) in [7, 11) is 0. The van der Waals surface area contributed by atoms with Gasteiger partial charge in [-0.1, -0.05) is 19.9 Å². The molecule has 0 spiro atoms. The van der Waals surface area contributed by atoms with Gasteiger partial charge in [0.05, 0.1) is 5.56 Å². The zero-order valence-corrected chi connectivity index (χ0v) is 19.9. The molecule has 1 atom stereocenters. The van der Waals surface area contributed by atoms with Gasteiger partial charge in [0, 0.05) is 17.8 Å². The van der Waals surface area contributed by atoms with Gasteiger partial charge in [-0.25, -0.2) is 14.8 Å². The maximum absolute atomic E-state index is 12.3. The summed E-state index contributed by atoms with van der Waals surface area (Å²) >= 11 is 1.23. The molecular formula is C24H25N5O4S. The minimum atomic E-state index is -0.930. The van der Waals surface area contributed by atoms with E-state index in [0.717, 1.165) is 11.1 Å². The summed E-state index contributed by atoms with van der Waals surface area (Å²) in [6, 6.07) is 10.8. The molecule has 3 rings (SSSR count). The topological polar surface area (TPSA) is 140 Å². The van der Waals surface area contributed by atoms with E-state index in [1.807, 2.05) is 13.8 Å². The molecule has 34 heavy (non-hydrogen) atoms. The predicted octanol–water partition coefficient (Wildman–Crippen LogP) is 4.61. The Morgan fingerprint density at radius 1 is 1.21 bits per heavy atom. The molecule has 0 aliphatic rings. The summed E-state index contributed by atoms with van der Waals surface area (Å²) in [5.41, 5.74) is 6.12. The van der Waals surface area contributed by atoms with E-state index in [2.05, 4.69) is 21.4 Å². The number of hydrogen-bond acceptors (Lipinski definition) is 8. The number of carbonyl (C=O) groups is 2. The van der Waals surface area contributed by atoms with Gasteiger partial charge in [0.15, 0.2) is 5.01 Å². The summed E-state index contributed by atoms with van der Waals surface area (Å²) in [6.07, 6.45) is 2.80. The number of carbonyl (C=O) groups excluding carboxylic acids is 2. The highest BCUT2D eigenvalue weighted by molar-refractivity contribution is 7.11. The maximum atomic E-state index is 12.3. The lowest BCUT2D eigenvalue weighted by Crippen LogP contribution is -2.41. The molecule has 0 radical (unpaired) electrons. The number of rotatable bonds is 9. The van der Waals surface area contributed by atoms with E-state index in [9.17, 15) is 14.9 Å². The Hall–Kier alpha value is -3.97. The van der Waals surface area contributed by atoms with Crippen molar-refractivity contribution in [1.29, 1.82) is 5.26 Å². The van der Waals surface area contributed by atoms with Crippen molar-refractivity contribution in [1.82, 2.24) is 9.97 Å². The Bertz CT molecular complexity index is 1210. The van der Waals surface area contributed by atoms with Crippen LogP contribution in [-0.2, 0) is 4.74 Å². The van der Waals surface area contributed by atoms with Crippen LogP contribution in [0.4, 0.5) is 10.6 Å². The second kappa shape index (κ2) is 10.8. The SMILES string of the molecule is CC(C)CC(C)(COc1ccc(-c2ccnc(NC(=O)c3nccs3)c2)cc1C#N)OC(N)=O. The van der Waals surface area contributed by atoms with E-state index in [0.29, 0.717) is 28.6 Å². The average molecular weight is 480 g/mol. The molecule has 176 valence electrons. The highest BCUT2D eigenvalue weighted by atomic mass is 32.1. The third-order valence-corrected chi connectivity index (χ3v) is 5.55. The van der Waals surface area contributed by atoms with Gasteiger partial charge in [-0.15, -0.1) is 11.3 Å². The van der Waals surface area contributed by atoms with Crippen LogP contribution < -0.4 is 15.8 Å². The standard InChI is InChI=1S/C24H25N5O4S/c1-15(2)12-24(3,33-23(26)31)14-32-19-5-4-16(10-18(19)13-25)17-6-7-27-20(11-17)29-21(30)22-28-8-9-34-22/h4-11,15H,12,14H2,1-3H3,(H2,26,31)(H,27,29,30). The molecule has 0 saturated carbocycles. The van der Waals surface area contributed by atoms with Crippen molar-refractivity contribution in [3.63, 3.8) is 0 Å². The number of amides is 2. The van der Waals surface area contributed by atoms with Crippen molar-refractivity contribution in [2.45, 2.75) is 32.8 Å². The molecule has 0 aliphatic heterocycles. The fourth-order valence-corrected chi connectivity index (χ4v) is 4.10. The van der Waals surface area contributed by atoms with E-state index in [1.54, 1.807) is 55.0 Å². The Balaban J connectivity index is 1.78. The third-order valence-electron chi connectivity index (χ3n) is 4.78. The van der Waals surface area contributed by atoms with Crippen molar-refractivity contribution >= 4 is 29.2 Å². The number of hydrogen-bond donors (Lipinski definition) is 2. The van der Waals surface area contributed by atoms with Crippen molar-refractivity contribution < 1.29 is 19.1 Å². The smallest absolute Gasteiger partial charge is 0.405 e. The summed E-state index contributed by atoms with van der Waals surface area (Å²) in [6.45, 7) is 5.79. The van der Waals surface area contributed by atoms with Crippen molar-refractivity contribution in [2.24, 2.45) is 11.7 Å². The molecule has 10 heteroatoms. The van der Waals surface area contributed by atoms with Crippen LogP contribution in [0.15, 0.2) is 48.1 Å². The molecule has 3 aromatic rings. The van der Waals surface area contributed by atoms with Gasteiger partial charge >= 0.3 is 6.09 Å². The summed E-state index contributed by atoms with van der Waals surface area (Å²) < 4.78 is 11.2. The molecular weight excluding hydrogens is 454 g/mol. The number of nitrogens with one attached hydrogen (secondary N) is 1. The maximum Gasteiger partial charge on any atom is 0.405 e. The number of nitrogens with two attached hydrogens (primary N) is 1.